The van der Waals surface area contributed by atoms with Crippen LogP contribution in [0.2, 0.25) is 0 Å². The molecule has 2 heterocycles. The first-order chi connectivity index (χ1) is 10.8. The summed E-state index contributed by atoms with van der Waals surface area (Å²) < 4.78 is 15.3. The minimum absolute atomic E-state index is 0.667. The van der Waals surface area contributed by atoms with Crippen molar-refractivity contribution in [2.45, 2.75) is 61.4 Å². The highest BCUT2D eigenvalue weighted by Gasteiger charge is 2.51. The minimum Gasteiger partial charge on any atom is -0.394 e. The zero-order chi connectivity index (χ0) is 17.3. The summed E-state index contributed by atoms with van der Waals surface area (Å²) in [6.07, 6.45) is -15.3. The Bertz CT molecular complexity index is 380. The molecule has 0 unspecified atom stereocenters. The van der Waals surface area contributed by atoms with E-state index in [1.54, 1.807) is 0 Å². The lowest BCUT2D eigenvalue weighted by molar-refractivity contribution is -0.319. The molecule has 0 bridgehead atoms. The summed E-state index contributed by atoms with van der Waals surface area (Å²) in [5.41, 5.74) is 0. The average Bonchev–Trinajstić information content (AvgIpc) is 2.82. The smallest absolute Gasteiger partial charge is 0.187 e. The van der Waals surface area contributed by atoms with Gasteiger partial charge in [0, 0.05) is 0 Å². The van der Waals surface area contributed by atoms with Crippen molar-refractivity contribution in [3.05, 3.63) is 0 Å². The lowest BCUT2D eigenvalue weighted by Gasteiger charge is -2.41. The second-order valence-corrected chi connectivity index (χ2v) is 5.53. The van der Waals surface area contributed by atoms with Crippen LogP contribution in [-0.4, -0.2) is 115 Å². The lowest BCUT2D eigenvalue weighted by atomic mass is 9.99. The second-order valence-electron chi connectivity index (χ2n) is 5.53. The van der Waals surface area contributed by atoms with Crippen LogP contribution in [0.5, 0.6) is 0 Å². The van der Waals surface area contributed by atoms with E-state index in [0.29, 0.717) is 0 Å². The first kappa shape index (κ1) is 18.9. The Hall–Kier alpha value is -0.440. The highest BCUT2D eigenvalue weighted by atomic mass is 16.7. The van der Waals surface area contributed by atoms with Crippen molar-refractivity contribution in [1.29, 1.82) is 0 Å². The Balaban J connectivity index is 2.11. The molecule has 0 aromatic rings. The van der Waals surface area contributed by atoms with Gasteiger partial charge in [-0.05, 0) is 0 Å². The Kier molecular flexibility index (Phi) is 6.27. The van der Waals surface area contributed by atoms with Gasteiger partial charge in [0.2, 0.25) is 0 Å². The summed E-state index contributed by atoms with van der Waals surface area (Å²) in [6, 6.07) is 0. The molecule has 0 radical (unpaired) electrons. The van der Waals surface area contributed by atoms with E-state index in [1.165, 1.54) is 0 Å². The van der Waals surface area contributed by atoms with Gasteiger partial charge in [-0.25, -0.2) is 0 Å². The Morgan fingerprint density at radius 2 is 1.52 bits per heavy atom. The molecule has 11 heteroatoms. The maximum absolute atomic E-state index is 9.88. The third-order valence-electron chi connectivity index (χ3n) is 3.96. The zero-order valence-electron chi connectivity index (χ0n) is 12.0. The van der Waals surface area contributed by atoms with E-state index in [1.807, 2.05) is 0 Å². The maximum atomic E-state index is 9.88. The number of aliphatic hydroxyl groups excluding tert-OH is 8. The summed E-state index contributed by atoms with van der Waals surface area (Å²) >= 11 is 0. The number of aliphatic hydroxyl groups is 8. The van der Waals surface area contributed by atoms with Gasteiger partial charge in [-0.3, -0.25) is 0 Å². The fourth-order valence-electron chi connectivity index (χ4n) is 2.58. The Morgan fingerprint density at radius 3 is 2.09 bits per heavy atom. The molecule has 11 nitrogen and oxygen atoms in total. The van der Waals surface area contributed by atoms with Crippen LogP contribution in [0.3, 0.4) is 0 Å². The van der Waals surface area contributed by atoms with E-state index in [0.717, 1.165) is 0 Å². The van der Waals surface area contributed by atoms with Crippen molar-refractivity contribution in [3.8, 4) is 0 Å². The zero-order valence-corrected chi connectivity index (χ0v) is 12.0. The molecule has 23 heavy (non-hydrogen) atoms. The van der Waals surface area contributed by atoms with E-state index >= 15 is 0 Å². The molecule has 0 aromatic heterocycles. The minimum atomic E-state index is -1.72. The number of hydrogen-bond acceptors (Lipinski definition) is 11. The predicted molar refractivity (Wildman–Crippen MR) is 68.6 cm³/mol. The lowest BCUT2D eigenvalue weighted by Crippen LogP contribution is -2.60. The van der Waals surface area contributed by atoms with Gasteiger partial charge < -0.3 is 55.1 Å². The first-order valence-corrected chi connectivity index (χ1v) is 7.08. The molecule has 0 aliphatic carbocycles. The molecule has 136 valence electrons. The summed E-state index contributed by atoms with van der Waals surface area (Å²) in [5.74, 6) is 0. The van der Waals surface area contributed by atoms with Gasteiger partial charge in [0.05, 0.1) is 13.2 Å². The topological polar surface area (TPSA) is 190 Å². The summed E-state index contributed by atoms with van der Waals surface area (Å²) in [5, 5.41) is 76.3. The van der Waals surface area contributed by atoms with Crippen molar-refractivity contribution in [2.75, 3.05) is 13.2 Å². The van der Waals surface area contributed by atoms with Crippen molar-refractivity contribution in [2.24, 2.45) is 0 Å². The van der Waals surface area contributed by atoms with Gasteiger partial charge in [0.15, 0.2) is 12.6 Å². The molecule has 8 N–H and O–H groups in total. The molecule has 2 saturated heterocycles. The average molecular weight is 342 g/mol. The van der Waals surface area contributed by atoms with Crippen molar-refractivity contribution in [3.63, 3.8) is 0 Å². The Labute approximate surface area is 130 Å². The van der Waals surface area contributed by atoms with Crippen molar-refractivity contribution >= 4 is 0 Å². The fourth-order valence-corrected chi connectivity index (χ4v) is 2.58. The third kappa shape index (κ3) is 3.65. The summed E-state index contributed by atoms with van der Waals surface area (Å²) in [4.78, 5) is 0. The van der Waals surface area contributed by atoms with Gasteiger partial charge >= 0.3 is 0 Å². The molecule has 2 aliphatic heterocycles. The van der Waals surface area contributed by atoms with E-state index < -0.39 is 74.6 Å². The largest absolute Gasteiger partial charge is 0.394 e. The van der Waals surface area contributed by atoms with Crippen LogP contribution in [-0.2, 0) is 14.2 Å². The second kappa shape index (κ2) is 7.63. The van der Waals surface area contributed by atoms with Crippen molar-refractivity contribution in [1.82, 2.24) is 0 Å². The van der Waals surface area contributed by atoms with Crippen LogP contribution in [0.4, 0.5) is 0 Å². The fraction of sp³-hybridized carbons (Fsp3) is 1.00. The van der Waals surface area contributed by atoms with Gasteiger partial charge in [0.25, 0.3) is 0 Å². The van der Waals surface area contributed by atoms with Crippen LogP contribution in [0.25, 0.3) is 0 Å². The summed E-state index contributed by atoms with van der Waals surface area (Å²) in [7, 11) is 0. The number of rotatable bonds is 5. The molecule has 0 spiro atoms. The molecule has 2 rings (SSSR count). The van der Waals surface area contributed by atoms with E-state index in [4.69, 9.17) is 24.4 Å². The van der Waals surface area contributed by atoms with E-state index in [2.05, 4.69) is 0 Å². The van der Waals surface area contributed by atoms with Crippen LogP contribution in [0.1, 0.15) is 0 Å². The van der Waals surface area contributed by atoms with Crippen LogP contribution < -0.4 is 0 Å². The van der Waals surface area contributed by atoms with Crippen LogP contribution in [0, 0.1) is 0 Å². The first-order valence-electron chi connectivity index (χ1n) is 7.08. The van der Waals surface area contributed by atoms with Gasteiger partial charge in [0.1, 0.15) is 48.8 Å². The monoisotopic (exact) mass is 342 g/mol. The normalized spacial score (nSPS) is 49.3. The molecule has 10 atom stereocenters. The SMILES string of the molecule is OC[C@@H](O)[C@@H]1O[C@H](O)[C@H](O)[C@H]1O[C@H]1O[C@H](CO)[C@@H](O)[C@H](O)[C@H]1O. The molecule has 0 aromatic carbocycles. The van der Waals surface area contributed by atoms with Crippen LogP contribution in [0.15, 0.2) is 0 Å². The molecule has 0 amide bonds. The summed E-state index contributed by atoms with van der Waals surface area (Å²) in [6.45, 7) is -1.40. The van der Waals surface area contributed by atoms with E-state index in [-0.39, 0.29) is 0 Å². The van der Waals surface area contributed by atoms with Crippen molar-refractivity contribution < 1.29 is 55.1 Å². The highest BCUT2D eigenvalue weighted by Crippen LogP contribution is 2.30. The highest BCUT2D eigenvalue weighted by molar-refractivity contribution is 4.94. The van der Waals surface area contributed by atoms with Gasteiger partial charge in [-0.1, -0.05) is 0 Å². The molecular formula is C12H22O11. The third-order valence-corrected chi connectivity index (χ3v) is 3.96. The van der Waals surface area contributed by atoms with Gasteiger partial charge in [-0.15, -0.1) is 0 Å². The molecule has 2 fully saturated rings. The van der Waals surface area contributed by atoms with Crippen LogP contribution >= 0.6 is 0 Å². The predicted octanol–water partition coefficient (Wildman–Crippen LogP) is -5.40. The number of ether oxygens (including phenoxy) is 3. The number of hydrogen-bond donors (Lipinski definition) is 8. The standard InChI is InChI=1S/C12H22O11/c13-1-3(15)9-10(8(19)11(20)22-9)23-12-7(18)6(17)5(16)4(2-14)21-12/h3-20H,1-2H2/t3-,4-,5-,6+,7-,8-,9+,10-,11+,12-/m1/s1. The molecule has 2 aliphatic rings. The van der Waals surface area contributed by atoms with Gasteiger partial charge in [-0.2, -0.15) is 0 Å². The molecule has 0 saturated carbocycles. The maximum Gasteiger partial charge on any atom is 0.187 e. The molecular weight excluding hydrogens is 320 g/mol. The van der Waals surface area contributed by atoms with E-state index in [9.17, 15) is 30.6 Å². The Morgan fingerprint density at radius 1 is 0.870 bits per heavy atom. The quantitative estimate of drug-likeness (QED) is 0.238.